The summed E-state index contributed by atoms with van der Waals surface area (Å²) in [5, 5.41) is 14.5. The van der Waals surface area contributed by atoms with Gasteiger partial charge in [0.1, 0.15) is 24.0 Å². The molecule has 0 bridgehead atoms. The smallest absolute Gasteiger partial charge is 0.271 e. The van der Waals surface area contributed by atoms with Gasteiger partial charge in [0.2, 0.25) is 21.8 Å². The third-order valence-corrected chi connectivity index (χ3v) is 6.70. The molecule has 1 N–H and O–H groups in total. The summed E-state index contributed by atoms with van der Waals surface area (Å²) in [7, 11) is -2.82. The Morgan fingerprint density at radius 2 is 1.81 bits per heavy atom. The number of anilines is 1. The molecule has 1 atom stereocenters. The summed E-state index contributed by atoms with van der Waals surface area (Å²) in [5.41, 5.74) is 0.132. The van der Waals surface area contributed by atoms with Crippen LogP contribution in [0.25, 0.3) is 0 Å². The van der Waals surface area contributed by atoms with Crippen molar-refractivity contribution in [2.75, 3.05) is 30.8 Å². The lowest BCUT2D eigenvalue weighted by Crippen LogP contribution is -2.52. The number of hydrogen-bond acceptors (Lipinski definition) is 7. The van der Waals surface area contributed by atoms with E-state index in [9.17, 15) is 28.1 Å². The van der Waals surface area contributed by atoms with E-state index in [2.05, 4.69) is 5.32 Å². The number of benzene rings is 2. The molecular formula is C23H29ClN4O7S. The van der Waals surface area contributed by atoms with Gasteiger partial charge in [-0.2, -0.15) is 0 Å². The third-order valence-electron chi connectivity index (χ3n) is 5.32. The summed E-state index contributed by atoms with van der Waals surface area (Å²) in [6.45, 7) is 3.13. The van der Waals surface area contributed by atoms with E-state index < -0.39 is 33.4 Å². The number of rotatable bonds is 12. The lowest BCUT2D eigenvalue weighted by Gasteiger charge is -2.33. The molecule has 2 rings (SSSR count). The van der Waals surface area contributed by atoms with Crippen LogP contribution in [0.3, 0.4) is 0 Å². The molecule has 2 amide bonds. The minimum Gasteiger partial charge on any atom is -0.495 e. The van der Waals surface area contributed by atoms with Gasteiger partial charge in [0, 0.05) is 30.2 Å². The Morgan fingerprint density at radius 1 is 1.17 bits per heavy atom. The Bertz CT molecular complexity index is 1210. The number of halogens is 1. The van der Waals surface area contributed by atoms with Gasteiger partial charge in [0.05, 0.1) is 18.3 Å². The number of non-ortho nitro benzene ring substituents is 1. The average Bonchev–Trinajstić information content (AvgIpc) is 2.82. The molecule has 0 heterocycles. The van der Waals surface area contributed by atoms with Gasteiger partial charge in [-0.3, -0.25) is 24.0 Å². The zero-order valence-corrected chi connectivity index (χ0v) is 22.0. The van der Waals surface area contributed by atoms with E-state index in [1.807, 2.05) is 0 Å². The Balaban J connectivity index is 2.54. The molecule has 13 heteroatoms. The van der Waals surface area contributed by atoms with Crippen molar-refractivity contribution in [1.82, 2.24) is 10.2 Å². The van der Waals surface area contributed by atoms with Crippen molar-refractivity contribution >= 4 is 44.8 Å². The van der Waals surface area contributed by atoms with Crippen molar-refractivity contribution in [2.45, 2.75) is 32.9 Å². The van der Waals surface area contributed by atoms with Crippen molar-refractivity contribution in [2.24, 2.45) is 0 Å². The first kappa shape index (κ1) is 28.9. The van der Waals surface area contributed by atoms with Crippen LogP contribution in [0.15, 0.2) is 42.5 Å². The summed E-state index contributed by atoms with van der Waals surface area (Å²) in [6, 6.07) is 9.24. The fraction of sp³-hybridized carbons (Fsp3) is 0.391. The SMILES string of the molecule is CCNC(=O)[C@H](CC)N(Cc1ccc(Cl)cc1)C(=O)CN(c1cc([N+](=O)[O-])ccc1OC)S(C)(=O)=O. The molecule has 0 fully saturated rings. The molecule has 0 aliphatic rings. The number of nitrogens with zero attached hydrogens (tertiary/aromatic N) is 3. The van der Waals surface area contributed by atoms with Crippen LogP contribution in [0.2, 0.25) is 5.02 Å². The second kappa shape index (κ2) is 12.5. The predicted octanol–water partition coefficient (Wildman–Crippen LogP) is 2.97. The van der Waals surface area contributed by atoms with Crippen LogP contribution in [-0.2, 0) is 26.2 Å². The number of nitro benzene ring substituents is 1. The van der Waals surface area contributed by atoms with Crippen molar-refractivity contribution in [3.63, 3.8) is 0 Å². The maximum Gasteiger partial charge on any atom is 0.271 e. The number of sulfonamides is 1. The second-order valence-corrected chi connectivity index (χ2v) is 10.2. The molecular weight excluding hydrogens is 512 g/mol. The fourth-order valence-electron chi connectivity index (χ4n) is 3.58. The number of ether oxygens (including phenoxy) is 1. The first-order valence-corrected chi connectivity index (χ1v) is 13.3. The van der Waals surface area contributed by atoms with Gasteiger partial charge < -0.3 is 15.0 Å². The Kier molecular flexibility index (Phi) is 10.1. The molecule has 11 nitrogen and oxygen atoms in total. The topological polar surface area (TPSA) is 139 Å². The summed E-state index contributed by atoms with van der Waals surface area (Å²) >= 11 is 5.96. The van der Waals surface area contributed by atoms with Gasteiger partial charge in [0.15, 0.2) is 0 Å². The molecule has 0 aliphatic carbocycles. The maximum absolute atomic E-state index is 13.6. The summed E-state index contributed by atoms with van der Waals surface area (Å²) in [5.74, 6) is -1.04. The van der Waals surface area contributed by atoms with Crippen LogP contribution in [0.1, 0.15) is 25.8 Å². The normalized spacial score (nSPS) is 11.9. The highest BCUT2D eigenvalue weighted by Gasteiger charge is 2.33. The highest BCUT2D eigenvalue weighted by atomic mass is 35.5. The Labute approximate surface area is 215 Å². The van der Waals surface area contributed by atoms with Crippen LogP contribution in [0.4, 0.5) is 11.4 Å². The molecule has 0 radical (unpaired) electrons. The number of nitro groups is 1. The summed E-state index contributed by atoms with van der Waals surface area (Å²) < 4.78 is 31.4. The van der Waals surface area contributed by atoms with Gasteiger partial charge in [-0.15, -0.1) is 0 Å². The zero-order chi connectivity index (χ0) is 27.0. The van der Waals surface area contributed by atoms with Crippen molar-refractivity contribution in [3.8, 4) is 5.75 Å². The standard InChI is InChI=1S/C23H29ClN4O7S/c1-5-19(23(30)25-6-2)26(14-16-7-9-17(24)10-8-16)22(29)15-27(36(4,33)34)20-13-18(28(31)32)11-12-21(20)35-3/h7-13,19H,5-6,14-15H2,1-4H3,(H,25,30)/t19-/m0/s1. The van der Waals surface area contributed by atoms with Gasteiger partial charge in [-0.05, 0) is 37.1 Å². The minimum absolute atomic E-state index is 0.00924. The van der Waals surface area contributed by atoms with E-state index in [-0.39, 0.29) is 36.0 Å². The highest BCUT2D eigenvalue weighted by molar-refractivity contribution is 7.92. The summed E-state index contributed by atoms with van der Waals surface area (Å²) in [6.07, 6.45) is 1.15. The first-order chi connectivity index (χ1) is 16.9. The van der Waals surface area contributed by atoms with Gasteiger partial charge in [0.25, 0.3) is 5.69 Å². The van der Waals surface area contributed by atoms with Gasteiger partial charge in [-0.1, -0.05) is 30.7 Å². The molecule has 0 aliphatic heterocycles. The number of hydrogen-bond donors (Lipinski definition) is 1. The van der Waals surface area contributed by atoms with E-state index >= 15 is 0 Å². The van der Waals surface area contributed by atoms with E-state index in [4.69, 9.17) is 16.3 Å². The number of carbonyl (C=O) groups excluding carboxylic acids is 2. The van der Waals surface area contributed by atoms with Crippen LogP contribution >= 0.6 is 11.6 Å². The van der Waals surface area contributed by atoms with Crippen LogP contribution in [0.5, 0.6) is 5.75 Å². The number of methoxy groups -OCH3 is 1. The van der Waals surface area contributed by atoms with Crippen LogP contribution in [0, 0.1) is 10.1 Å². The van der Waals surface area contributed by atoms with E-state index in [1.54, 1.807) is 38.1 Å². The molecule has 36 heavy (non-hydrogen) atoms. The minimum atomic E-state index is -4.10. The fourth-order valence-corrected chi connectivity index (χ4v) is 4.55. The average molecular weight is 541 g/mol. The third kappa shape index (κ3) is 7.31. The molecule has 196 valence electrons. The van der Waals surface area contributed by atoms with E-state index in [0.29, 0.717) is 17.1 Å². The van der Waals surface area contributed by atoms with Gasteiger partial charge >= 0.3 is 0 Å². The monoisotopic (exact) mass is 540 g/mol. The Hall–Kier alpha value is -3.38. The first-order valence-electron chi connectivity index (χ1n) is 11.0. The van der Waals surface area contributed by atoms with E-state index in [0.717, 1.165) is 16.6 Å². The lowest BCUT2D eigenvalue weighted by molar-refractivity contribution is -0.384. The maximum atomic E-state index is 13.6. The lowest BCUT2D eigenvalue weighted by atomic mass is 10.1. The second-order valence-electron chi connectivity index (χ2n) is 7.85. The van der Waals surface area contributed by atoms with Crippen molar-refractivity contribution in [1.29, 1.82) is 0 Å². The number of amides is 2. The molecule has 2 aromatic rings. The predicted molar refractivity (Wildman–Crippen MR) is 137 cm³/mol. The van der Waals surface area contributed by atoms with Gasteiger partial charge in [-0.25, -0.2) is 8.42 Å². The van der Waals surface area contributed by atoms with Crippen LogP contribution < -0.4 is 14.4 Å². The van der Waals surface area contributed by atoms with Crippen molar-refractivity contribution < 1.29 is 27.7 Å². The Morgan fingerprint density at radius 3 is 2.31 bits per heavy atom. The molecule has 0 saturated heterocycles. The number of carbonyl (C=O) groups is 2. The number of likely N-dealkylation sites (N-methyl/N-ethyl adjacent to an activating group) is 1. The molecule has 0 spiro atoms. The highest BCUT2D eigenvalue weighted by Crippen LogP contribution is 2.34. The largest absolute Gasteiger partial charge is 0.495 e. The van der Waals surface area contributed by atoms with Crippen molar-refractivity contribution in [3.05, 3.63) is 63.2 Å². The molecule has 2 aromatic carbocycles. The number of nitrogens with one attached hydrogen (secondary N) is 1. The zero-order valence-electron chi connectivity index (χ0n) is 20.4. The molecule has 0 aromatic heterocycles. The summed E-state index contributed by atoms with van der Waals surface area (Å²) in [4.78, 5) is 38.3. The molecule has 0 unspecified atom stereocenters. The van der Waals surface area contributed by atoms with Crippen LogP contribution in [-0.4, -0.2) is 62.6 Å². The van der Waals surface area contributed by atoms with E-state index in [1.165, 1.54) is 24.1 Å². The quantitative estimate of drug-likeness (QED) is 0.322. The molecule has 0 saturated carbocycles.